The van der Waals surface area contributed by atoms with Gasteiger partial charge < -0.3 is 0 Å². The lowest BCUT2D eigenvalue weighted by atomic mass is 9.97. The first-order chi connectivity index (χ1) is 6.74. The van der Waals surface area contributed by atoms with E-state index in [-0.39, 0.29) is 11.6 Å². The summed E-state index contributed by atoms with van der Waals surface area (Å²) in [5, 5.41) is 0. The number of hydrogen-bond donors (Lipinski definition) is 0. The number of carbonyl (C=O) groups is 2. The summed E-state index contributed by atoms with van der Waals surface area (Å²) < 4.78 is 0. The standard InChI is InChI=1S/C12H19O2/c1-2-3-8-11(13)12(14)9-10-6-4-5-7-10/h10H,1-9H2. The van der Waals surface area contributed by atoms with E-state index in [1.54, 1.807) is 0 Å². The monoisotopic (exact) mass is 195 g/mol. The fourth-order valence-electron chi connectivity index (χ4n) is 2.02. The number of carbonyl (C=O) groups excluding carboxylic acids is 2. The molecule has 0 heterocycles. The van der Waals surface area contributed by atoms with Gasteiger partial charge in [0.15, 0.2) is 11.6 Å². The van der Waals surface area contributed by atoms with Gasteiger partial charge in [0.05, 0.1) is 0 Å². The van der Waals surface area contributed by atoms with Crippen molar-refractivity contribution in [3.63, 3.8) is 0 Å². The molecule has 1 rings (SSSR count). The largest absolute Gasteiger partial charge is 0.291 e. The molecular formula is C12H19O2. The zero-order valence-corrected chi connectivity index (χ0v) is 8.76. The maximum absolute atomic E-state index is 11.4. The highest BCUT2D eigenvalue weighted by Gasteiger charge is 2.21. The van der Waals surface area contributed by atoms with Crippen LogP contribution in [0.15, 0.2) is 0 Å². The Hall–Kier alpha value is -0.660. The highest BCUT2D eigenvalue weighted by Crippen LogP contribution is 2.27. The van der Waals surface area contributed by atoms with Crippen molar-refractivity contribution in [2.24, 2.45) is 5.92 Å². The van der Waals surface area contributed by atoms with E-state index in [2.05, 4.69) is 6.92 Å². The minimum absolute atomic E-state index is 0.148. The number of ketones is 2. The third-order valence-electron chi connectivity index (χ3n) is 2.91. The Morgan fingerprint density at radius 2 is 1.79 bits per heavy atom. The van der Waals surface area contributed by atoms with Gasteiger partial charge in [0, 0.05) is 12.8 Å². The van der Waals surface area contributed by atoms with Gasteiger partial charge in [-0.2, -0.15) is 0 Å². The molecule has 0 aliphatic heterocycles. The van der Waals surface area contributed by atoms with Crippen molar-refractivity contribution in [1.29, 1.82) is 0 Å². The van der Waals surface area contributed by atoms with Crippen LogP contribution in [-0.4, -0.2) is 11.6 Å². The van der Waals surface area contributed by atoms with Gasteiger partial charge in [-0.05, 0) is 12.3 Å². The molecule has 2 nitrogen and oxygen atoms in total. The molecule has 0 bridgehead atoms. The highest BCUT2D eigenvalue weighted by atomic mass is 16.2. The maximum atomic E-state index is 11.4. The topological polar surface area (TPSA) is 34.1 Å². The Labute approximate surface area is 86.1 Å². The van der Waals surface area contributed by atoms with E-state index in [0.29, 0.717) is 18.8 Å². The summed E-state index contributed by atoms with van der Waals surface area (Å²) in [7, 11) is 0. The third kappa shape index (κ3) is 3.60. The minimum atomic E-state index is -0.180. The van der Waals surface area contributed by atoms with E-state index in [9.17, 15) is 9.59 Å². The lowest BCUT2D eigenvalue weighted by Crippen LogP contribution is -2.16. The van der Waals surface area contributed by atoms with E-state index in [0.717, 1.165) is 25.7 Å². The predicted molar refractivity (Wildman–Crippen MR) is 55.8 cm³/mol. The number of hydrogen-bond acceptors (Lipinski definition) is 2. The second-order valence-corrected chi connectivity index (χ2v) is 4.16. The van der Waals surface area contributed by atoms with E-state index < -0.39 is 0 Å². The average Bonchev–Trinajstić information content (AvgIpc) is 2.66. The molecule has 79 valence electrons. The number of Topliss-reactive ketones (excluding diaryl/α,β-unsaturated/α-hetero) is 2. The average molecular weight is 195 g/mol. The summed E-state index contributed by atoms with van der Waals surface area (Å²) in [6.45, 7) is 3.66. The summed E-state index contributed by atoms with van der Waals surface area (Å²) in [5.74, 6) is 0.164. The number of rotatable bonds is 6. The van der Waals surface area contributed by atoms with Gasteiger partial charge in [0.1, 0.15) is 0 Å². The summed E-state index contributed by atoms with van der Waals surface area (Å²) in [6, 6.07) is 0. The van der Waals surface area contributed by atoms with Crippen LogP contribution in [0.2, 0.25) is 0 Å². The Balaban J connectivity index is 2.22. The van der Waals surface area contributed by atoms with Crippen molar-refractivity contribution < 1.29 is 9.59 Å². The maximum Gasteiger partial charge on any atom is 0.198 e. The number of unbranched alkanes of at least 4 members (excludes halogenated alkanes) is 1. The van der Waals surface area contributed by atoms with Gasteiger partial charge in [-0.25, -0.2) is 0 Å². The molecule has 0 amide bonds. The Kier molecular flexibility index (Phi) is 4.85. The second-order valence-electron chi connectivity index (χ2n) is 4.16. The Morgan fingerprint density at radius 3 is 2.36 bits per heavy atom. The molecular weight excluding hydrogens is 176 g/mol. The van der Waals surface area contributed by atoms with Gasteiger partial charge >= 0.3 is 0 Å². The van der Waals surface area contributed by atoms with Crippen molar-refractivity contribution in [2.75, 3.05) is 0 Å². The quantitative estimate of drug-likeness (QED) is 0.611. The van der Waals surface area contributed by atoms with Crippen LogP contribution in [0.5, 0.6) is 0 Å². The highest BCUT2D eigenvalue weighted by molar-refractivity contribution is 6.37. The van der Waals surface area contributed by atoms with E-state index in [4.69, 9.17) is 0 Å². The van der Waals surface area contributed by atoms with Crippen LogP contribution in [-0.2, 0) is 9.59 Å². The van der Waals surface area contributed by atoms with Crippen LogP contribution in [0.25, 0.3) is 0 Å². The molecule has 1 aliphatic rings. The van der Waals surface area contributed by atoms with Gasteiger partial charge in [0.25, 0.3) is 0 Å². The van der Waals surface area contributed by atoms with Crippen LogP contribution in [0, 0.1) is 12.8 Å². The van der Waals surface area contributed by atoms with E-state index in [1.807, 2.05) is 0 Å². The Morgan fingerprint density at radius 1 is 1.14 bits per heavy atom. The first-order valence-electron chi connectivity index (χ1n) is 5.59. The first kappa shape index (κ1) is 11.4. The van der Waals surface area contributed by atoms with E-state index in [1.165, 1.54) is 12.8 Å². The van der Waals surface area contributed by atoms with Crippen molar-refractivity contribution in [1.82, 2.24) is 0 Å². The summed E-state index contributed by atoms with van der Waals surface area (Å²) >= 11 is 0. The van der Waals surface area contributed by atoms with Crippen LogP contribution >= 0.6 is 0 Å². The van der Waals surface area contributed by atoms with Gasteiger partial charge in [-0.15, -0.1) is 0 Å². The fraction of sp³-hybridized carbons (Fsp3) is 0.750. The summed E-state index contributed by atoms with van der Waals surface area (Å²) in [5.41, 5.74) is 0. The molecule has 0 aromatic rings. The molecule has 14 heavy (non-hydrogen) atoms. The fourth-order valence-corrected chi connectivity index (χ4v) is 2.02. The van der Waals surface area contributed by atoms with Crippen molar-refractivity contribution in [3.05, 3.63) is 6.92 Å². The molecule has 0 spiro atoms. The Bertz CT molecular complexity index is 202. The molecule has 1 fully saturated rings. The van der Waals surface area contributed by atoms with Crippen LogP contribution in [0.1, 0.15) is 51.4 Å². The van der Waals surface area contributed by atoms with Crippen LogP contribution in [0.3, 0.4) is 0 Å². The molecule has 0 N–H and O–H groups in total. The van der Waals surface area contributed by atoms with Gasteiger partial charge in [0.2, 0.25) is 0 Å². The van der Waals surface area contributed by atoms with Crippen molar-refractivity contribution in [3.8, 4) is 0 Å². The van der Waals surface area contributed by atoms with Crippen molar-refractivity contribution in [2.45, 2.75) is 51.4 Å². The SMILES string of the molecule is [CH2]CCCC(=O)C(=O)CC1CCCC1. The molecule has 0 saturated heterocycles. The second kappa shape index (κ2) is 5.94. The zero-order valence-electron chi connectivity index (χ0n) is 8.76. The molecule has 2 heteroatoms. The third-order valence-corrected chi connectivity index (χ3v) is 2.91. The molecule has 0 unspecified atom stereocenters. The molecule has 1 aliphatic carbocycles. The minimum Gasteiger partial charge on any atom is -0.291 e. The van der Waals surface area contributed by atoms with Crippen molar-refractivity contribution >= 4 is 11.6 Å². The van der Waals surface area contributed by atoms with Gasteiger partial charge in [-0.3, -0.25) is 9.59 Å². The van der Waals surface area contributed by atoms with E-state index >= 15 is 0 Å². The first-order valence-corrected chi connectivity index (χ1v) is 5.59. The lowest BCUT2D eigenvalue weighted by molar-refractivity contribution is -0.137. The molecule has 0 aromatic carbocycles. The van der Waals surface area contributed by atoms with Gasteiger partial charge in [-0.1, -0.05) is 39.0 Å². The van der Waals surface area contributed by atoms with Crippen LogP contribution in [0.4, 0.5) is 0 Å². The lowest BCUT2D eigenvalue weighted by Gasteiger charge is -2.06. The summed E-state index contributed by atoms with van der Waals surface area (Å²) in [4.78, 5) is 22.7. The molecule has 0 aromatic heterocycles. The molecule has 1 saturated carbocycles. The zero-order chi connectivity index (χ0) is 10.4. The summed E-state index contributed by atoms with van der Waals surface area (Å²) in [6.07, 6.45) is 7.10. The molecule has 1 radical (unpaired) electrons. The smallest absolute Gasteiger partial charge is 0.198 e. The predicted octanol–water partition coefficient (Wildman–Crippen LogP) is 2.71. The van der Waals surface area contributed by atoms with Crippen LogP contribution < -0.4 is 0 Å². The normalized spacial score (nSPS) is 17.2. The molecule has 0 atom stereocenters.